The molecule has 2 unspecified atom stereocenters. The summed E-state index contributed by atoms with van der Waals surface area (Å²) < 4.78 is 13.7. The highest BCUT2D eigenvalue weighted by atomic mass is 19.1. The number of amides is 2. The summed E-state index contributed by atoms with van der Waals surface area (Å²) in [5.74, 6) is -1.06. The molecule has 0 saturated carbocycles. The van der Waals surface area contributed by atoms with E-state index in [0.717, 1.165) is 6.42 Å². The number of nitrogens with zero attached hydrogens (tertiary/aromatic N) is 1. The number of hydrogen-bond acceptors (Lipinski definition) is 3. The summed E-state index contributed by atoms with van der Waals surface area (Å²) in [5, 5.41) is 2.68. The maximum atomic E-state index is 13.7. The fourth-order valence-corrected chi connectivity index (χ4v) is 2.80. The van der Waals surface area contributed by atoms with Gasteiger partial charge in [0.1, 0.15) is 11.9 Å². The molecule has 1 heterocycles. The highest BCUT2D eigenvalue weighted by Gasteiger charge is 2.33. The Bertz CT molecular complexity index is 577. The van der Waals surface area contributed by atoms with Crippen LogP contribution in [0.15, 0.2) is 24.3 Å². The molecule has 0 spiro atoms. The topological polar surface area (TPSA) is 75.4 Å². The van der Waals surface area contributed by atoms with E-state index in [-0.39, 0.29) is 17.4 Å². The van der Waals surface area contributed by atoms with Gasteiger partial charge in [-0.15, -0.1) is 0 Å². The van der Waals surface area contributed by atoms with Gasteiger partial charge in [-0.25, -0.2) is 4.39 Å². The van der Waals surface area contributed by atoms with Gasteiger partial charge >= 0.3 is 0 Å². The van der Waals surface area contributed by atoms with Crippen molar-refractivity contribution >= 4 is 11.8 Å². The zero-order chi connectivity index (χ0) is 17.0. The first-order valence-electron chi connectivity index (χ1n) is 7.98. The largest absolute Gasteiger partial charge is 0.341 e. The molecule has 1 aliphatic heterocycles. The molecule has 0 aromatic heterocycles. The van der Waals surface area contributed by atoms with Crippen molar-refractivity contribution in [3.8, 4) is 0 Å². The second kappa shape index (κ2) is 7.55. The minimum absolute atomic E-state index is 0.0489. The minimum Gasteiger partial charge on any atom is -0.341 e. The van der Waals surface area contributed by atoms with E-state index in [4.69, 9.17) is 5.73 Å². The van der Waals surface area contributed by atoms with E-state index in [1.54, 1.807) is 11.0 Å². The van der Waals surface area contributed by atoms with Gasteiger partial charge in [0.05, 0.1) is 5.56 Å². The van der Waals surface area contributed by atoms with E-state index >= 15 is 0 Å². The van der Waals surface area contributed by atoms with E-state index in [2.05, 4.69) is 5.32 Å². The Hall–Kier alpha value is -1.95. The lowest BCUT2D eigenvalue weighted by Crippen LogP contribution is -2.50. The van der Waals surface area contributed by atoms with Crippen LogP contribution in [0.25, 0.3) is 0 Å². The number of rotatable bonds is 5. The molecule has 1 fully saturated rings. The van der Waals surface area contributed by atoms with E-state index in [1.165, 1.54) is 18.2 Å². The average molecular weight is 321 g/mol. The number of hydrogen-bond donors (Lipinski definition) is 2. The fourth-order valence-electron chi connectivity index (χ4n) is 2.80. The number of nitrogens with one attached hydrogen (secondary N) is 1. The predicted octanol–water partition coefficient (Wildman–Crippen LogP) is 1.39. The van der Waals surface area contributed by atoms with Gasteiger partial charge in [-0.1, -0.05) is 26.0 Å². The maximum absolute atomic E-state index is 13.7. The van der Waals surface area contributed by atoms with Crippen molar-refractivity contribution in [3.05, 3.63) is 35.6 Å². The molecule has 1 aliphatic rings. The Balaban J connectivity index is 2.08. The number of benzene rings is 1. The molecule has 1 aromatic rings. The Kier molecular flexibility index (Phi) is 5.71. The summed E-state index contributed by atoms with van der Waals surface area (Å²) in [4.78, 5) is 26.7. The molecule has 1 aromatic carbocycles. The molecule has 1 saturated heterocycles. The molecule has 2 atom stereocenters. The third-order valence-corrected chi connectivity index (χ3v) is 4.27. The van der Waals surface area contributed by atoms with Gasteiger partial charge < -0.3 is 16.0 Å². The van der Waals surface area contributed by atoms with E-state index in [0.29, 0.717) is 25.6 Å². The number of likely N-dealkylation sites (tertiary alicyclic amines) is 1. The van der Waals surface area contributed by atoms with Crippen molar-refractivity contribution in [2.45, 2.75) is 26.3 Å². The van der Waals surface area contributed by atoms with Crippen LogP contribution in [-0.2, 0) is 4.79 Å². The first kappa shape index (κ1) is 17.4. The number of nitrogens with two attached hydrogens (primary N) is 1. The second-order valence-corrected chi connectivity index (χ2v) is 6.35. The molecule has 0 radical (unpaired) electrons. The Morgan fingerprint density at radius 2 is 2.09 bits per heavy atom. The lowest BCUT2D eigenvalue weighted by molar-refractivity contribution is -0.133. The van der Waals surface area contributed by atoms with Gasteiger partial charge in [0.2, 0.25) is 5.91 Å². The number of carbonyl (C=O) groups excluding carboxylic acids is 2. The Morgan fingerprint density at radius 1 is 1.39 bits per heavy atom. The van der Waals surface area contributed by atoms with Crippen LogP contribution in [0.2, 0.25) is 0 Å². The molecule has 23 heavy (non-hydrogen) atoms. The van der Waals surface area contributed by atoms with Crippen molar-refractivity contribution in [2.24, 2.45) is 17.6 Å². The van der Waals surface area contributed by atoms with Crippen molar-refractivity contribution in [2.75, 3.05) is 19.6 Å². The van der Waals surface area contributed by atoms with Crippen LogP contribution in [0.1, 0.15) is 30.6 Å². The third kappa shape index (κ3) is 4.07. The van der Waals surface area contributed by atoms with Gasteiger partial charge in [0.25, 0.3) is 5.91 Å². The van der Waals surface area contributed by atoms with Gasteiger partial charge in [0, 0.05) is 13.1 Å². The molecule has 2 rings (SSSR count). The van der Waals surface area contributed by atoms with Crippen LogP contribution in [0.5, 0.6) is 0 Å². The molecule has 6 heteroatoms. The SMILES string of the molecule is CC(C)C(NC(=O)c1ccccc1F)C(=O)N1CCC(CN)C1. The predicted molar refractivity (Wildman–Crippen MR) is 86.2 cm³/mol. The lowest BCUT2D eigenvalue weighted by Gasteiger charge is -2.27. The van der Waals surface area contributed by atoms with Crippen LogP contribution in [0, 0.1) is 17.7 Å². The number of carbonyl (C=O) groups is 2. The summed E-state index contributed by atoms with van der Waals surface area (Å²) in [6.45, 7) is 5.55. The van der Waals surface area contributed by atoms with Crippen molar-refractivity contribution in [1.82, 2.24) is 10.2 Å². The van der Waals surface area contributed by atoms with Crippen LogP contribution < -0.4 is 11.1 Å². The molecule has 0 aliphatic carbocycles. The first-order chi connectivity index (χ1) is 10.9. The molecule has 5 nitrogen and oxygen atoms in total. The van der Waals surface area contributed by atoms with Crippen LogP contribution in [-0.4, -0.2) is 42.4 Å². The van der Waals surface area contributed by atoms with Crippen molar-refractivity contribution < 1.29 is 14.0 Å². The molecular formula is C17H24FN3O2. The van der Waals surface area contributed by atoms with E-state index in [9.17, 15) is 14.0 Å². The second-order valence-electron chi connectivity index (χ2n) is 6.35. The summed E-state index contributed by atoms with van der Waals surface area (Å²) in [5.41, 5.74) is 5.61. The molecule has 0 bridgehead atoms. The van der Waals surface area contributed by atoms with Gasteiger partial charge in [0.15, 0.2) is 0 Å². The highest BCUT2D eigenvalue weighted by Crippen LogP contribution is 2.18. The third-order valence-electron chi connectivity index (χ3n) is 4.27. The molecule has 2 amide bonds. The number of halogens is 1. The fraction of sp³-hybridized carbons (Fsp3) is 0.529. The normalized spacial score (nSPS) is 19.0. The summed E-state index contributed by atoms with van der Waals surface area (Å²) in [7, 11) is 0. The Labute approximate surface area is 136 Å². The minimum atomic E-state index is -0.668. The summed E-state index contributed by atoms with van der Waals surface area (Å²) in [6, 6.07) is 5.09. The van der Waals surface area contributed by atoms with Crippen molar-refractivity contribution in [1.29, 1.82) is 0 Å². The smallest absolute Gasteiger partial charge is 0.254 e. The maximum Gasteiger partial charge on any atom is 0.254 e. The van der Waals surface area contributed by atoms with Gasteiger partial charge in [-0.05, 0) is 36.9 Å². The quantitative estimate of drug-likeness (QED) is 0.860. The van der Waals surface area contributed by atoms with E-state index in [1.807, 2.05) is 13.8 Å². The first-order valence-corrected chi connectivity index (χ1v) is 7.98. The van der Waals surface area contributed by atoms with E-state index < -0.39 is 17.8 Å². The summed E-state index contributed by atoms with van der Waals surface area (Å²) in [6.07, 6.45) is 0.883. The van der Waals surface area contributed by atoms with Crippen LogP contribution in [0.4, 0.5) is 4.39 Å². The highest BCUT2D eigenvalue weighted by molar-refractivity contribution is 5.97. The van der Waals surface area contributed by atoms with Gasteiger partial charge in [-0.3, -0.25) is 9.59 Å². The molecule has 3 N–H and O–H groups in total. The van der Waals surface area contributed by atoms with Crippen molar-refractivity contribution in [3.63, 3.8) is 0 Å². The zero-order valence-electron chi connectivity index (χ0n) is 13.6. The standard InChI is InChI=1S/C17H24FN3O2/c1-11(2)15(17(23)21-8-7-12(9-19)10-21)20-16(22)13-5-3-4-6-14(13)18/h3-6,11-12,15H,7-10,19H2,1-2H3,(H,20,22). The molecular weight excluding hydrogens is 297 g/mol. The lowest BCUT2D eigenvalue weighted by atomic mass is 10.0. The van der Waals surface area contributed by atoms with Crippen LogP contribution >= 0.6 is 0 Å². The summed E-state index contributed by atoms with van der Waals surface area (Å²) >= 11 is 0. The Morgan fingerprint density at radius 3 is 2.65 bits per heavy atom. The van der Waals surface area contributed by atoms with Gasteiger partial charge in [-0.2, -0.15) is 0 Å². The monoisotopic (exact) mass is 321 g/mol. The van der Waals surface area contributed by atoms with Crippen LogP contribution in [0.3, 0.4) is 0 Å². The average Bonchev–Trinajstić information content (AvgIpc) is 3.01. The zero-order valence-corrected chi connectivity index (χ0v) is 13.6. The molecule has 126 valence electrons.